The van der Waals surface area contributed by atoms with Gasteiger partial charge < -0.3 is 9.84 Å². The van der Waals surface area contributed by atoms with Gasteiger partial charge in [0.25, 0.3) is 0 Å². The summed E-state index contributed by atoms with van der Waals surface area (Å²) in [6, 6.07) is 13.4. The lowest BCUT2D eigenvalue weighted by atomic mass is 9.97. The van der Waals surface area contributed by atoms with Gasteiger partial charge in [-0.05, 0) is 41.6 Å². The molecule has 0 bridgehead atoms. The number of benzene rings is 2. The second-order valence-electron chi connectivity index (χ2n) is 5.17. The van der Waals surface area contributed by atoms with Crippen molar-refractivity contribution >= 4 is 28.3 Å². The molecule has 0 aliphatic heterocycles. The van der Waals surface area contributed by atoms with Crippen LogP contribution in [0.1, 0.15) is 5.56 Å². The summed E-state index contributed by atoms with van der Waals surface area (Å²) in [6.45, 7) is 1.65. The first kappa shape index (κ1) is 15.3. The first-order chi connectivity index (χ1) is 11.1. The predicted octanol–water partition coefficient (Wildman–Crippen LogP) is 4.33. The molecule has 0 saturated carbocycles. The molecule has 23 heavy (non-hydrogen) atoms. The number of rotatable bonds is 4. The van der Waals surface area contributed by atoms with Crippen LogP contribution in [0.3, 0.4) is 0 Å². The molecule has 0 unspecified atom stereocenters. The van der Waals surface area contributed by atoms with Crippen LogP contribution in [0.2, 0.25) is 5.15 Å². The number of hydrogen-bond acceptors (Lipinski definition) is 3. The molecule has 1 heterocycles. The molecule has 1 N–H and O–H groups in total. The van der Waals surface area contributed by atoms with Crippen molar-refractivity contribution in [1.29, 1.82) is 0 Å². The molecule has 0 amide bonds. The minimum Gasteiger partial charge on any atom is -0.482 e. The largest absolute Gasteiger partial charge is 0.482 e. The highest BCUT2D eigenvalue weighted by Gasteiger charge is 2.11. The van der Waals surface area contributed by atoms with E-state index in [9.17, 15) is 4.79 Å². The minimum absolute atomic E-state index is 0.359. The highest BCUT2D eigenvalue weighted by atomic mass is 35.5. The Kier molecular flexibility index (Phi) is 4.17. The molecular formula is C18H14ClNO3. The Morgan fingerprint density at radius 3 is 2.70 bits per heavy atom. The van der Waals surface area contributed by atoms with Crippen molar-refractivity contribution in [3.8, 4) is 16.9 Å². The molecule has 3 rings (SSSR count). The number of aromatic nitrogens is 1. The number of carbonyl (C=O) groups is 1. The minimum atomic E-state index is -1.03. The number of carboxylic acids is 1. The third-order valence-electron chi connectivity index (χ3n) is 3.61. The normalized spacial score (nSPS) is 10.7. The Balaban J connectivity index is 2.13. The maximum absolute atomic E-state index is 10.6. The molecule has 2 aromatic carbocycles. The van der Waals surface area contributed by atoms with Gasteiger partial charge in [-0.3, -0.25) is 0 Å². The Bertz CT molecular complexity index is 893. The molecule has 0 fully saturated rings. The Morgan fingerprint density at radius 2 is 1.96 bits per heavy atom. The quantitative estimate of drug-likeness (QED) is 0.725. The van der Waals surface area contributed by atoms with E-state index in [2.05, 4.69) is 4.98 Å². The van der Waals surface area contributed by atoms with Crippen molar-refractivity contribution in [1.82, 2.24) is 4.98 Å². The SMILES string of the molecule is Cc1ccccc1-c1cnc(Cl)c2cc(OCC(=O)O)ccc12. The summed E-state index contributed by atoms with van der Waals surface area (Å²) in [6.07, 6.45) is 1.75. The van der Waals surface area contributed by atoms with Crippen molar-refractivity contribution in [3.63, 3.8) is 0 Å². The maximum Gasteiger partial charge on any atom is 0.341 e. The Morgan fingerprint density at radius 1 is 1.17 bits per heavy atom. The number of aryl methyl sites for hydroxylation is 1. The lowest BCUT2D eigenvalue weighted by Crippen LogP contribution is -2.09. The molecule has 0 aliphatic carbocycles. The standard InChI is InChI=1S/C18H14ClNO3/c1-11-4-2-3-5-13(11)16-9-20-18(19)15-8-12(6-7-14(15)16)23-10-17(21)22/h2-9H,10H2,1H3,(H,21,22). The zero-order valence-electron chi connectivity index (χ0n) is 12.4. The lowest BCUT2D eigenvalue weighted by molar-refractivity contribution is -0.139. The number of carboxylic acid groups (broad SMARTS) is 1. The highest BCUT2D eigenvalue weighted by Crippen LogP contribution is 2.34. The summed E-state index contributed by atoms with van der Waals surface area (Å²) < 4.78 is 5.21. The number of hydrogen-bond donors (Lipinski definition) is 1. The van der Waals surface area contributed by atoms with E-state index >= 15 is 0 Å². The highest BCUT2D eigenvalue weighted by molar-refractivity contribution is 6.34. The van der Waals surface area contributed by atoms with Crippen LogP contribution in [0.15, 0.2) is 48.7 Å². The molecule has 1 aromatic heterocycles. The van der Waals surface area contributed by atoms with Gasteiger partial charge in [0.05, 0.1) is 0 Å². The summed E-state index contributed by atoms with van der Waals surface area (Å²) in [4.78, 5) is 14.9. The smallest absolute Gasteiger partial charge is 0.341 e. The monoisotopic (exact) mass is 327 g/mol. The van der Waals surface area contributed by atoms with Gasteiger partial charge in [0.2, 0.25) is 0 Å². The van der Waals surface area contributed by atoms with E-state index in [1.807, 2.05) is 37.3 Å². The van der Waals surface area contributed by atoms with Crippen LogP contribution in [0.4, 0.5) is 0 Å². The molecule has 3 aromatic rings. The van der Waals surface area contributed by atoms with E-state index in [1.54, 1.807) is 18.3 Å². The van der Waals surface area contributed by atoms with Gasteiger partial charge in [0, 0.05) is 17.1 Å². The summed E-state index contributed by atoms with van der Waals surface area (Å²) in [5.74, 6) is -0.575. The first-order valence-corrected chi connectivity index (χ1v) is 7.43. The van der Waals surface area contributed by atoms with Crippen LogP contribution in [0.5, 0.6) is 5.75 Å². The van der Waals surface area contributed by atoms with Crippen molar-refractivity contribution < 1.29 is 14.6 Å². The molecule has 0 radical (unpaired) electrons. The molecule has 0 saturated heterocycles. The number of nitrogens with zero attached hydrogens (tertiary/aromatic N) is 1. The molecule has 116 valence electrons. The molecule has 0 spiro atoms. The summed E-state index contributed by atoms with van der Waals surface area (Å²) >= 11 is 6.21. The summed E-state index contributed by atoms with van der Waals surface area (Å²) in [5, 5.41) is 10.7. The second-order valence-corrected chi connectivity index (χ2v) is 5.53. The van der Waals surface area contributed by atoms with E-state index < -0.39 is 12.6 Å². The molecule has 4 nitrogen and oxygen atoms in total. The molecule has 0 atom stereocenters. The number of aliphatic carboxylic acids is 1. The third-order valence-corrected chi connectivity index (χ3v) is 3.91. The van der Waals surface area contributed by atoms with E-state index in [-0.39, 0.29) is 0 Å². The van der Waals surface area contributed by atoms with Crippen molar-refractivity contribution in [3.05, 3.63) is 59.4 Å². The number of fused-ring (bicyclic) bond motifs is 1. The first-order valence-electron chi connectivity index (χ1n) is 7.05. The molecule has 0 aliphatic rings. The van der Waals surface area contributed by atoms with Crippen LogP contribution in [0, 0.1) is 6.92 Å². The van der Waals surface area contributed by atoms with E-state index in [1.165, 1.54) is 0 Å². The number of halogens is 1. The van der Waals surface area contributed by atoms with Crippen LogP contribution >= 0.6 is 11.6 Å². The van der Waals surface area contributed by atoms with Gasteiger partial charge in [0.1, 0.15) is 10.9 Å². The lowest BCUT2D eigenvalue weighted by Gasteiger charge is -2.11. The zero-order valence-corrected chi connectivity index (χ0v) is 13.2. The van der Waals surface area contributed by atoms with E-state index in [0.717, 1.165) is 27.5 Å². The maximum atomic E-state index is 10.6. The Labute approximate surface area is 138 Å². The van der Waals surface area contributed by atoms with Gasteiger partial charge in [-0.15, -0.1) is 0 Å². The summed E-state index contributed by atoms with van der Waals surface area (Å²) in [7, 11) is 0. The van der Waals surface area contributed by atoms with Gasteiger partial charge >= 0.3 is 5.97 Å². The fourth-order valence-electron chi connectivity index (χ4n) is 2.51. The van der Waals surface area contributed by atoms with E-state index in [0.29, 0.717) is 10.9 Å². The molecular weight excluding hydrogens is 314 g/mol. The van der Waals surface area contributed by atoms with Crippen LogP contribution in [-0.2, 0) is 4.79 Å². The fraction of sp³-hybridized carbons (Fsp3) is 0.111. The number of pyridine rings is 1. The van der Waals surface area contributed by atoms with Crippen LogP contribution < -0.4 is 4.74 Å². The van der Waals surface area contributed by atoms with Gasteiger partial charge in [-0.25, -0.2) is 9.78 Å². The van der Waals surface area contributed by atoms with Crippen LogP contribution in [-0.4, -0.2) is 22.7 Å². The van der Waals surface area contributed by atoms with Gasteiger partial charge in [0.15, 0.2) is 6.61 Å². The van der Waals surface area contributed by atoms with Crippen molar-refractivity contribution in [2.75, 3.05) is 6.61 Å². The van der Waals surface area contributed by atoms with Crippen molar-refractivity contribution in [2.45, 2.75) is 6.92 Å². The van der Waals surface area contributed by atoms with Gasteiger partial charge in [-0.1, -0.05) is 35.9 Å². The number of ether oxygens (including phenoxy) is 1. The second kappa shape index (κ2) is 6.26. The van der Waals surface area contributed by atoms with Crippen molar-refractivity contribution in [2.24, 2.45) is 0 Å². The zero-order chi connectivity index (χ0) is 16.4. The fourth-order valence-corrected chi connectivity index (χ4v) is 2.72. The van der Waals surface area contributed by atoms with E-state index in [4.69, 9.17) is 21.4 Å². The van der Waals surface area contributed by atoms with Crippen LogP contribution in [0.25, 0.3) is 21.9 Å². The topological polar surface area (TPSA) is 59.4 Å². The van der Waals surface area contributed by atoms with Gasteiger partial charge in [-0.2, -0.15) is 0 Å². The average molecular weight is 328 g/mol. The third kappa shape index (κ3) is 3.12. The average Bonchev–Trinajstić information content (AvgIpc) is 2.54. The molecule has 5 heteroatoms. The summed E-state index contributed by atoms with van der Waals surface area (Å²) in [5.41, 5.74) is 3.21. The Hall–Kier alpha value is -2.59. The predicted molar refractivity (Wildman–Crippen MR) is 90.1 cm³/mol.